The van der Waals surface area contributed by atoms with Crippen LogP contribution < -0.4 is 15.5 Å². The summed E-state index contributed by atoms with van der Waals surface area (Å²) in [6, 6.07) is 8.96. The van der Waals surface area contributed by atoms with Crippen LogP contribution in [0, 0.1) is 12.5 Å². The molecule has 1 aliphatic carbocycles. The molecular weight excluding hydrogens is 306 g/mol. The Bertz CT molecular complexity index is 758. The number of anilines is 1. The van der Waals surface area contributed by atoms with Crippen molar-refractivity contribution < 1.29 is 9.53 Å². The van der Waals surface area contributed by atoms with E-state index in [9.17, 15) is 4.79 Å². The number of hydrogen-bond donors (Lipinski definition) is 3. The maximum absolute atomic E-state index is 11.7. The number of hydrogen-bond acceptors (Lipinski definition) is 5. The molecule has 2 amide bonds. The first-order chi connectivity index (χ1) is 11.7. The van der Waals surface area contributed by atoms with Crippen LogP contribution in [-0.4, -0.2) is 11.0 Å². The standard InChI is InChI=1S/C17H19N5O2/c1-11-4-2-3-5-15(11)24-10-13-14(20-17(23)21-22-18)8-9-19-16(13)12-6-7-12/h2-5,8-9,12H,6-7,10H2,1H3,(H3,18,19,20,21,23). The molecule has 0 spiro atoms. The maximum atomic E-state index is 11.7. The fourth-order valence-electron chi connectivity index (χ4n) is 2.56. The van der Waals surface area contributed by atoms with E-state index in [1.165, 1.54) is 0 Å². The lowest BCUT2D eigenvalue weighted by molar-refractivity contribution is 0.251. The van der Waals surface area contributed by atoms with Crippen molar-refractivity contribution in [2.24, 2.45) is 5.22 Å². The summed E-state index contributed by atoms with van der Waals surface area (Å²) in [5.41, 5.74) is 12.3. The van der Waals surface area contributed by atoms with Crippen LogP contribution in [0.15, 0.2) is 41.8 Å². The second kappa shape index (κ2) is 7.08. The van der Waals surface area contributed by atoms with Crippen LogP contribution in [-0.2, 0) is 6.61 Å². The molecule has 0 saturated heterocycles. The zero-order valence-electron chi connectivity index (χ0n) is 13.4. The Labute approximate surface area is 139 Å². The van der Waals surface area contributed by atoms with E-state index < -0.39 is 6.03 Å². The molecule has 124 valence electrons. The molecule has 3 rings (SSSR count). The topological polar surface area (TPSA) is 99.5 Å². The van der Waals surface area contributed by atoms with E-state index in [0.29, 0.717) is 18.2 Å². The van der Waals surface area contributed by atoms with Gasteiger partial charge in [0.25, 0.3) is 0 Å². The second-order valence-electron chi connectivity index (χ2n) is 5.73. The minimum atomic E-state index is -0.560. The van der Waals surface area contributed by atoms with Gasteiger partial charge in [0.05, 0.1) is 11.4 Å². The van der Waals surface area contributed by atoms with Gasteiger partial charge in [0, 0.05) is 17.7 Å². The van der Waals surface area contributed by atoms with Crippen molar-refractivity contribution in [1.29, 1.82) is 5.53 Å². The Hall–Kier alpha value is -2.96. The number of aromatic nitrogens is 1. The summed E-state index contributed by atoms with van der Waals surface area (Å²) in [4.78, 5) is 16.2. The summed E-state index contributed by atoms with van der Waals surface area (Å²) >= 11 is 0. The smallest absolute Gasteiger partial charge is 0.341 e. The predicted octanol–water partition coefficient (Wildman–Crippen LogP) is 3.91. The number of benzene rings is 1. The SMILES string of the molecule is Cc1ccccc1OCc1c(NC(=O)NN=N)ccnc1C1CC1. The molecule has 0 atom stereocenters. The lowest BCUT2D eigenvalue weighted by atomic mass is 10.1. The summed E-state index contributed by atoms with van der Waals surface area (Å²) in [6.45, 7) is 2.31. The third-order valence-electron chi connectivity index (χ3n) is 3.92. The third-order valence-corrected chi connectivity index (χ3v) is 3.92. The number of nitrogens with one attached hydrogen (secondary N) is 3. The van der Waals surface area contributed by atoms with Crippen molar-refractivity contribution in [3.63, 3.8) is 0 Å². The molecule has 24 heavy (non-hydrogen) atoms. The highest BCUT2D eigenvalue weighted by molar-refractivity contribution is 5.89. The van der Waals surface area contributed by atoms with Crippen molar-refractivity contribution in [3.8, 4) is 5.75 Å². The normalized spacial score (nSPS) is 13.2. The first kappa shape index (κ1) is 15.9. The molecule has 0 aliphatic heterocycles. The Kier molecular flexibility index (Phi) is 4.69. The number of nitrogens with zero attached hydrogens (tertiary/aromatic N) is 2. The molecule has 7 heteroatoms. The van der Waals surface area contributed by atoms with E-state index in [-0.39, 0.29) is 0 Å². The largest absolute Gasteiger partial charge is 0.488 e. The summed E-state index contributed by atoms with van der Waals surface area (Å²) in [5.74, 6) is 1.23. The zero-order chi connectivity index (χ0) is 16.9. The number of para-hydroxylation sites is 1. The number of aryl methyl sites for hydroxylation is 1. The molecule has 1 fully saturated rings. The fraction of sp³-hybridized carbons (Fsp3) is 0.294. The van der Waals surface area contributed by atoms with Crippen molar-refractivity contribution in [2.75, 3.05) is 5.32 Å². The van der Waals surface area contributed by atoms with Gasteiger partial charge in [-0.3, -0.25) is 4.98 Å². The quantitative estimate of drug-likeness (QED) is 0.554. The van der Waals surface area contributed by atoms with E-state index in [0.717, 1.165) is 35.4 Å². The minimum absolute atomic E-state index is 0.318. The highest BCUT2D eigenvalue weighted by Crippen LogP contribution is 2.42. The van der Waals surface area contributed by atoms with E-state index in [1.54, 1.807) is 12.3 Å². The molecule has 0 unspecified atom stereocenters. The average molecular weight is 325 g/mol. The lowest BCUT2D eigenvalue weighted by Gasteiger charge is -2.16. The van der Waals surface area contributed by atoms with Crippen LogP contribution in [0.2, 0.25) is 0 Å². The number of pyridine rings is 1. The maximum Gasteiger partial charge on any atom is 0.341 e. The highest BCUT2D eigenvalue weighted by Gasteiger charge is 2.29. The van der Waals surface area contributed by atoms with E-state index in [2.05, 4.69) is 15.5 Å². The Balaban J connectivity index is 1.84. The lowest BCUT2D eigenvalue weighted by Crippen LogP contribution is -2.24. The molecule has 1 saturated carbocycles. The second-order valence-corrected chi connectivity index (χ2v) is 5.73. The Morgan fingerprint density at radius 1 is 1.38 bits per heavy atom. The molecule has 3 N–H and O–H groups in total. The molecule has 7 nitrogen and oxygen atoms in total. The summed E-state index contributed by atoms with van der Waals surface area (Å²) < 4.78 is 5.95. The third kappa shape index (κ3) is 3.68. The van der Waals surface area contributed by atoms with Crippen molar-refractivity contribution in [1.82, 2.24) is 10.4 Å². The van der Waals surface area contributed by atoms with Gasteiger partial charge >= 0.3 is 6.03 Å². The Morgan fingerprint density at radius 3 is 2.88 bits per heavy atom. The summed E-state index contributed by atoms with van der Waals surface area (Å²) in [7, 11) is 0. The van der Waals surface area contributed by atoms with Crippen LogP contribution in [0.4, 0.5) is 10.5 Å². The number of urea groups is 1. The van der Waals surface area contributed by atoms with E-state index in [4.69, 9.17) is 10.3 Å². The van der Waals surface area contributed by atoms with Gasteiger partial charge in [-0.1, -0.05) is 23.4 Å². The molecule has 0 bridgehead atoms. The van der Waals surface area contributed by atoms with Gasteiger partial charge in [-0.05, 0) is 37.5 Å². The van der Waals surface area contributed by atoms with Crippen LogP contribution >= 0.6 is 0 Å². The van der Waals surface area contributed by atoms with Gasteiger partial charge in [-0.15, -0.1) is 0 Å². The number of rotatable bonds is 6. The Morgan fingerprint density at radius 2 is 2.17 bits per heavy atom. The van der Waals surface area contributed by atoms with Gasteiger partial charge in [-0.25, -0.2) is 10.2 Å². The predicted molar refractivity (Wildman–Crippen MR) is 89.0 cm³/mol. The highest BCUT2D eigenvalue weighted by atomic mass is 16.5. The van der Waals surface area contributed by atoms with Gasteiger partial charge in [0.15, 0.2) is 0 Å². The van der Waals surface area contributed by atoms with Crippen molar-refractivity contribution in [2.45, 2.75) is 32.3 Å². The van der Waals surface area contributed by atoms with E-state index >= 15 is 0 Å². The first-order valence-electron chi connectivity index (χ1n) is 7.78. The average Bonchev–Trinajstić information content (AvgIpc) is 3.40. The van der Waals surface area contributed by atoms with Gasteiger partial charge < -0.3 is 10.1 Å². The minimum Gasteiger partial charge on any atom is -0.488 e. The number of amides is 2. The first-order valence-corrected chi connectivity index (χ1v) is 7.78. The van der Waals surface area contributed by atoms with Gasteiger partial charge in [0.2, 0.25) is 0 Å². The van der Waals surface area contributed by atoms with Crippen molar-refractivity contribution in [3.05, 3.63) is 53.3 Å². The fourth-order valence-corrected chi connectivity index (χ4v) is 2.56. The van der Waals surface area contributed by atoms with Crippen LogP contribution in [0.5, 0.6) is 5.75 Å². The molecule has 1 aliphatic rings. The molecule has 2 aromatic rings. The monoisotopic (exact) mass is 325 g/mol. The number of carbonyl (C=O) groups excluding carboxylic acids is 1. The zero-order valence-corrected chi connectivity index (χ0v) is 13.4. The molecular formula is C17H19N5O2. The van der Waals surface area contributed by atoms with Gasteiger partial charge in [0.1, 0.15) is 12.4 Å². The van der Waals surface area contributed by atoms with Crippen molar-refractivity contribution >= 4 is 11.7 Å². The molecule has 1 aromatic carbocycles. The van der Waals surface area contributed by atoms with Gasteiger partial charge in [-0.2, -0.15) is 5.53 Å². The molecule has 1 aromatic heterocycles. The molecule has 1 heterocycles. The van der Waals surface area contributed by atoms with Crippen LogP contribution in [0.25, 0.3) is 0 Å². The summed E-state index contributed by atoms with van der Waals surface area (Å²) in [5, 5.41) is 5.58. The number of carbonyl (C=O) groups is 1. The molecule has 0 radical (unpaired) electrons. The van der Waals surface area contributed by atoms with E-state index in [1.807, 2.05) is 36.6 Å². The summed E-state index contributed by atoms with van der Waals surface area (Å²) in [6.07, 6.45) is 3.88. The van der Waals surface area contributed by atoms with Crippen LogP contribution in [0.3, 0.4) is 0 Å². The van der Waals surface area contributed by atoms with Crippen LogP contribution in [0.1, 0.15) is 35.6 Å². The number of ether oxygens (including phenoxy) is 1.